The lowest BCUT2D eigenvalue weighted by Crippen LogP contribution is -2.40. The average Bonchev–Trinajstić information content (AvgIpc) is 3.33. The van der Waals surface area contributed by atoms with Gasteiger partial charge in [0.2, 0.25) is 10.0 Å². The lowest BCUT2D eigenvalue weighted by molar-refractivity contribution is 0.0730. The minimum Gasteiger partial charge on any atom is -0.379 e. The SMILES string of the molecule is O=C(Nc1ccc(C(=O)Nc2nccs2)cc1)c1ccc(S(=O)(=O)N2CCOCC2)cc1. The van der Waals surface area contributed by atoms with E-state index in [4.69, 9.17) is 4.74 Å². The van der Waals surface area contributed by atoms with Gasteiger partial charge >= 0.3 is 0 Å². The molecule has 9 nitrogen and oxygen atoms in total. The van der Waals surface area contributed by atoms with Gasteiger partial charge in [-0.3, -0.25) is 14.9 Å². The third-order valence-electron chi connectivity index (χ3n) is 4.78. The van der Waals surface area contributed by atoms with E-state index < -0.39 is 10.0 Å². The molecule has 0 spiro atoms. The van der Waals surface area contributed by atoms with Gasteiger partial charge in [-0.1, -0.05) is 0 Å². The van der Waals surface area contributed by atoms with Crippen LogP contribution in [0.4, 0.5) is 10.8 Å². The number of rotatable bonds is 6. The van der Waals surface area contributed by atoms with E-state index in [-0.39, 0.29) is 16.7 Å². The van der Waals surface area contributed by atoms with Gasteiger partial charge in [0, 0.05) is 41.5 Å². The van der Waals surface area contributed by atoms with Crippen LogP contribution in [0.5, 0.6) is 0 Å². The van der Waals surface area contributed by atoms with Gasteiger partial charge < -0.3 is 10.1 Å². The molecule has 1 aliphatic rings. The van der Waals surface area contributed by atoms with Crippen molar-refractivity contribution in [3.63, 3.8) is 0 Å². The first-order valence-electron chi connectivity index (χ1n) is 9.74. The zero-order valence-electron chi connectivity index (χ0n) is 16.9. The van der Waals surface area contributed by atoms with Gasteiger partial charge in [-0.2, -0.15) is 4.31 Å². The number of carbonyl (C=O) groups is 2. The van der Waals surface area contributed by atoms with Gasteiger partial charge in [-0.15, -0.1) is 11.3 Å². The minimum atomic E-state index is -3.62. The zero-order valence-corrected chi connectivity index (χ0v) is 18.5. The van der Waals surface area contributed by atoms with Crippen LogP contribution in [0.25, 0.3) is 0 Å². The van der Waals surface area contributed by atoms with Crippen LogP contribution in [0.3, 0.4) is 0 Å². The van der Waals surface area contributed by atoms with Crippen LogP contribution >= 0.6 is 11.3 Å². The lowest BCUT2D eigenvalue weighted by Gasteiger charge is -2.26. The number of hydrogen-bond acceptors (Lipinski definition) is 7. The number of ether oxygens (including phenoxy) is 1. The molecule has 0 aliphatic carbocycles. The second-order valence-electron chi connectivity index (χ2n) is 6.86. The number of morpholine rings is 1. The zero-order chi connectivity index (χ0) is 22.6. The van der Waals surface area contributed by atoms with Crippen LogP contribution in [-0.2, 0) is 14.8 Å². The summed E-state index contributed by atoms with van der Waals surface area (Å²) in [5.41, 5.74) is 1.25. The highest BCUT2D eigenvalue weighted by Crippen LogP contribution is 2.19. The highest BCUT2D eigenvalue weighted by Gasteiger charge is 2.26. The molecule has 2 amide bonds. The second-order valence-corrected chi connectivity index (χ2v) is 9.70. The molecule has 1 aliphatic heterocycles. The third kappa shape index (κ3) is 5.02. The average molecular weight is 473 g/mol. The smallest absolute Gasteiger partial charge is 0.257 e. The highest BCUT2D eigenvalue weighted by atomic mass is 32.2. The molecule has 0 bridgehead atoms. The molecule has 1 saturated heterocycles. The number of anilines is 2. The number of nitrogens with zero attached hydrogens (tertiary/aromatic N) is 2. The maximum atomic E-state index is 12.7. The predicted molar refractivity (Wildman–Crippen MR) is 120 cm³/mol. The van der Waals surface area contributed by atoms with Crippen LogP contribution < -0.4 is 10.6 Å². The van der Waals surface area contributed by atoms with E-state index in [2.05, 4.69) is 15.6 Å². The molecule has 2 N–H and O–H groups in total. The Kier molecular flexibility index (Phi) is 6.61. The Hall–Kier alpha value is -3.12. The van der Waals surface area contributed by atoms with Crippen LogP contribution in [0.1, 0.15) is 20.7 Å². The number of benzene rings is 2. The second kappa shape index (κ2) is 9.57. The summed E-state index contributed by atoms with van der Waals surface area (Å²) >= 11 is 1.32. The van der Waals surface area contributed by atoms with Crippen molar-refractivity contribution in [2.24, 2.45) is 0 Å². The number of nitrogens with one attached hydrogen (secondary N) is 2. The molecular formula is C21H20N4O5S2. The van der Waals surface area contributed by atoms with Crippen molar-refractivity contribution in [1.29, 1.82) is 0 Å². The van der Waals surface area contributed by atoms with Crippen molar-refractivity contribution in [3.8, 4) is 0 Å². The Balaban J connectivity index is 1.39. The molecule has 166 valence electrons. The summed E-state index contributed by atoms with van der Waals surface area (Å²) in [5.74, 6) is -0.685. The molecule has 1 aromatic heterocycles. The first-order chi connectivity index (χ1) is 15.4. The van der Waals surface area contributed by atoms with Crippen LogP contribution in [0, 0.1) is 0 Å². The van der Waals surface area contributed by atoms with Crippen molar-refractivity contribution < 1.29 is 22.7 Å². The largest absolute Gasteiger partial charge is 0.379 e. The van der Waals surface area contributed by atoms with E-state index in [0.717, 1.165) is 0 Å². The van der Waals surface area contributed by atoms with E-state index in [9.17, 15) is 18.0 Å². The molecular weight excluding hydrogens is 452 g/mol. The number of carbonyl (C=O) groups excluding carboxylic acids is 2. The van der Waals surface area contributed by atoms with Crippen molar-refractivity contribution in [3.05, 3.63) is 71.2 Å². The van der Waals surface area contributed by atoms with Crippen LogP contribution in [-0.4, -0.2) is 55.8 Å². The summed E-state index contributed by atoms with van der Waals surface area (Å²) in [6.45, 7) is 1.35. The Labute approximate surface area is 189 Å². The van der Waals surface area contributed by atoms with Crippen molar-refractivity contribution in [1.82, 2.24) is 9.29 Å². The van der Waals surface area contributed by atoms with E-state index in [1.165, 1.54) is 39.9 Å². The molecule has 0 unspecified atom stereocenters. The molecule has 3 aromatic rings. The molecule has 1 fully saturated rings. The summed E-state index contributed by atoms with van der Waals surface area (Å²) in [4.78, 5) is 28.9. The number of aromatic nitrogens is 1. The first kappa shape index (κ1) is 22.1. The topological polar surface area (TPSA) is 118 Å². The maximum Gasteiger partial charge on any atom is 0.257 e. The van der Waals surface area contributed by atoms with Gasteiger partial charge in [-0.05, 0) is 48.5 Å². The lowest BCUT2D eigenvalue weighted by atomic mass is 10.1. The molecule has 0 radical (unpaired) electrons. The first-order valence-corrected chi connectivity index (χ1v) is 12.1. The highest BCUT2D eigenvalue weighted by molar-refractivity contribution is 7.89. The van der Waals surface area contributed by atoms with E-state index in [0.29, 0.717) is 48.2 Å². The van der Waals surface area contributed by atoms with E-state index >= 15 is 0 Å². The summed E-state index contributed by atoms with van der Waals surface area (Å²) in [7, 11) is -3.62. The summed E-state index contributed by atoms with van der Waals surface area (Å²) < 4.78 is 31.9. The monoisotopic (exact) mass is 472 g/mol. The van der Waals surface area contributed by atoms with Crippen LogP contribution in [0.15, 0.2) is 65.0 Å². The van der Waals surface area contributed by atoms with Crippen molar-refractivity contribution in [2.75, 3.05) is 36.9 Å². The summed E-state index contributed by atoms with van der Waals surface area (Å²) in [5, 5.41) is 7.69. The van der Waals surface area contributed by atoms with Crippen molar-refractivity contribution in [2.45, 2.75) is 4.90 Å². The maximum absolute atomic E-state index is 12.7. The Morgan fingerprint density at radius 3 is 2.09 bits per heavy atom. The molecule has 0 saturated carbocycles. The molecule has 11 heteroatoms. The fourth-order valence-corrected chi connectivity index (χ4v) is 5.01. The molecule has 4 rings (SSSR count). The summed E-state index contributed by atoms with van der Waals surface area (Å²) in [6.07, 6.45) is 1.60. The van der Waals surface area contributed by atoms with Crippen molar-refractivity contribution >= 4 is 44.0 Å². The third-order valence-corrected chi connectivity index (χ3v) is 7.38. The number of amides is 2. The molecule has 2 aromatic carbocycles. The van der Waals surface area contributed by atoms with Gasteiger partial charge in [0.15, 0.2) is 5.13 Å². The molecule has 32 heavy (non-hydrogen) atoms. The quantitative estimate of drug-likeness (QED) is 0.570. The van der Waals surface area contributed by atoms with Gasteiger partial charge in [0.05, 0.1) is 18.1 Å². The standard InChI is InChI=1S/C21H20N4O5S2/c26-19(16-3-7-18(8-4-16)32(28,29)25-10-12-30-13-11-25)23-17-5-1-15(2-6-17)20(27)24-21-22-9-14-31-21/h1-9,14H,10-13H2,(H,23,26)(H,22,24,27). The Morgan fingerprint density at radius 1 is 0.906 bits per heavy atom. The normalized spacial score (nSPS) is 14.6. The molecule has 2 heterocycles. The Morgan fingerprint density at radius 2 is 1.50 bits per heavy atom. The number of thiazole rings is 1. The van der Waals surface area contributed by atoms with Gasteiger partial charge in [0.1, 0.15) is 0 Å². The Bertz CT molecular complexity index is 1190. The van der Waals surface area contributed by atoms with E-state index in [1.807, 2.05) is 0 Å². The molecule has 0 atom stereocenters. The van der Waals surface area contributed by atoms with Gasteiger partial charge in [0.25, 0.3) is 11.8 Å². The minimum absolute atomic E-state index is 0.131. The fourth-order valence-electron chi connectivity index (χ4n) is 3.08. The number of hydrogen-bond donors (Lipinski definition) is 2. The summed E-state index contributed by atoms with van der Waals surface area (Å²) in [6, 6.07) is 12.2. The van der Waals surface area contributed by atoms with E-state index in [1.54, 1.807) is 35.8 Å². The van der Waals surface area contributed by atoms with Gasteiger partial charge in [-0.25, -0.2) is 13.4 Å². The van der Waals surface area contributed by atoms with Crippen LogP contribution in [0.2, 0.25) is 0 Å². The predicted octanol–water partition coefficient (Wildman–Crippen LogP) is 2.67. The number of sulfonamides is 1. The fraction of sp³-hybridized carbons (Fsp3) is 0.190.